The van der Waals surface area contributed by atoms with Gasteiger partial charge in [-0.25, -0.2) is 9.97 Å². The Morgan fingerprint density at radius 2 is 2.32 bits per heavy atom. The second-order valence-corrected chi connectivity index (χ2v) is 4.15. The lowest BCUT2D eigenvalue weighted by Gasteiger charge is -2.08. The van der Waals surface area contributed by atoms with Gasteiger partial charge in [0.2, 0.25) is 0 Å². The van der Waals surface area contributed by atoms with Crippen LogP contribution >= 0.6 is 11.6 Å². The predicted molar refractivity (Wildman–Crippen MR) is 71.3 cm³/mol. The second kappa shape index (κ2) is 6.31. The highest BCUT2D eigenvalue weighted by atomic mass is 35.5. The molecule has 100 valence electrons. The number of rotatable bonds is 5. The quantitative estimate of drug-likeness (QED) is 0.907. The van der Waals surface area contributed by atoms with E-state index in [4.69, 9.17) is 16.3 Å². The molecule has 0 spiro atoms. The number of hydrogen-bond donors (Lipinski definition) is 1. The van der Waals surface area contributed by atoms with Crippen molar-refractivity contribution in [1.29, 1.82) is 0 Å². The Bertz CT molecular complexity index is 553. The van der Waals surface area contributed by atoms with Crippen molar-refractivity contribution in [2.75, 3.05) is 19.0 Å². The molecule has 0 bridgehead atoms. The number of anilines is 1. The van der Waals surface area contributed by atoms with Gasteiger partial charge in [0, 0.05) is 19.9 Å². The monoisotopic (exact) mass is 280 g/mol. The Kier molecular flexibility index (Phi) is 4.48. The largest absolute Gasteiger partial charge is 0.383 e. The van der Waals surface area contributed by atoms with E-state index in [0.29, 0.717) is 24.7 Å². The number of methoxy groups -OCH3 is 1. The molecule has 0 unspecified atom stereocenters. The van der Waals surface area contributed by atoms with E-state index in [0.717, 1.165) is 0 Å². The molecule has 2 aromatic heterocycles. The lowest BCUT2D eigenvalue weighted by Crippen LogP contribution is -2.18. The van der Waals surface area contributed by atoms with Gasteiger partial charge in [-0.15, -0.1) is 0 Å². The number of carbonyl (C=O) groups is 1. The van der Waals surface area contributed by atoms with Gasteiger partial charge in [0.1, 0.15) is 10.8 Å². The first-order valence-corrected chi connectivity index (χ1v) is 6.01. The summed E-state index contributed by atoms with van der Waals surface area (Å²) in [4.78, 5) is 19.9. The summed E-state index contributed by atoms with van der Waals surface area (Å²) in [6.45, 7) is 1.15. The number of hydrogen-bond acceptors (Lipinski definition) is 4. The fourth-order valence-electron chi connectivity index (χ4n) is 1.56. The summed E-state index contributed by atoms with van der Waals surface area (Å²) in [6.07, 6.45) is 4.60. The molecule has 1 amide bonds. The van der Waals surface area contributed by atoms with Crippen LogP contribution in [0.2, 0.25) is 5.15 Å². The molecule has 0 aromatic carbocycles. The SMILES string of the molecule is COCCn1cccc1C(=O)Nc1cnc(Cl)cn1. The number of ether oxygens (including phenoxy) is 1. The standard InChI is InChI=1S/C12H13ClN4O2/c1-19-6-5-17-4-2-3-9(17)12(18)16-11-8-14-10(13)7-15-11/h2-4,7-8H,5-6H2,1H3,(H,15,16,18). The van der Waals surface area contributed by atoms with Gasteiger partial charge >= 0.3 is 0 Å². The van der Waals surface area contributed by atoms with Crippen molar-refractivity contribution in [1.82, 2.24) is 14.5 Å². The third kappa shape index (κ3) is 3.52. The zero-order valence-corrected chi connectivity index (χ0v) is 11.1. The van der Waals surface area contributed by atoms with Gasteiger partial charge in [0.25, 0.3) is 5.91 Å². The maximum absolute atomic E-state index is 12.1. The summed E-state index contributed by atoms with van der Waals surface area (Å²) in [5.74, 6) is 0.103. The molecule has 0 fully saturated rings. The fraction of sp³-hybridized carbons (Fsp3) is 0.250. The van der Waals surface area contributed by atoms with Crippen molar-refractivity contribution in [3.8, 4) is 0 Å². The molecule has 0 aliphatic heterocycles. The topological polar surface area (TPSA) is 69.0 Å². The van der Waals surface area contributed by atoms with E-state index in [1.165, 1.54) is 12.4 Å². The van der Waals surface area contributed by atoms with Crippen molar-refractivity contribution < 1.29 is 9.53 Å². The number of carbonyl (C=O) groups excluding carboxylic acids is 1. The molecule has 19 heavy (non-hydrogen) atoms. The minimum atomic E-state index is -0.252. The van der Waals surface area contributed by atoms with Crippen molar-refractivity contribution in [2.24, 2.45) is 0 Å². The van der Waals surface area contributed by atoms with E-state index in [1.54, 1.807) is 19.2 Å². The van der Waals surface area contributed by atoms with E-state index in [-0.39, 0.29) is 11.1 Å². The van der Waals surface area contributed by atoms with Crippen LogP contribution in [0.5, 0.6) is 0 Å². The number of amides is 1. The van der Waals surface area contributed by atoms with Crippen LogP contribution in [0, 0.1) is 0 Å². The third-order valence-corrected chi connectivity index (χ3v) is 2.66. The van der Waals surface area contributed by atoms with Gasteiger partial charge in [-0.2, -0.15) is 0 Å². The van der Waals surface area contributed by atoms with E-state index in [1.807, 2.05) is 10.8 Å². The number of nitrogens with one attached hydrogen (secondary N) is 1. The van der Waals surface area contributed by atoms with Gasteiger partial charge in [-0.1, -0.05) is 11.6 Å². The van der Waals surface area contributed by atoms with E-state index < -0.39 is 0 Å². The first-order chi connectivity index (χ1) is 9.20. The number of halogens is 1. The summed E-state index contributed by atoms with van der Waals surface area (Å²) in [5.41, 5.74) is 0.536. The Morgan fingerprint density at radius 3 is 3.00 bits per heavy atom. The minimum absolute atomic E-state index is 0.252. The molecule has 0 atom stereocenters. The van der Waals surface area contributed by atoms with E-state index in [2.05, 4.69) is 15.3 Å². The molecule has 1 N–H and O–H groups in total. The second-order valence-electron chi connectivity index (χ2n) is 3.76. The zero-order chi connectivity index (χ0) is 13.7. The molecular weight excluding hydrogens is 268 g/mol. The number of nitrogens with zero attached hydrogens (tertiary/aromatic N) is 3. The average Bonchev–Trinajstić information content (AvgIpc) is 2.87. The Hall–Kier alpha value is -1.92. The Balaban J connectivity index is 2.07. The van der Waals surface area contributed by atoms with Gasteiger partial charge in [0.05, 0.1) is 19.0 Å². The molecule has 2 rings (SSSR count). The molecule has 0 aliphatic rings. The van der Waals surface area contributed by atoms with E-state index in [9.17, 15) is 4.79 Å². The van der Waals surface area contributed by atoms with Gasteiger partial charge < -0.3 is 14.6 Å². The van der Waals surface area contributed by atoms with Crippen molar-refractivity contribution in [3.63, 3.8) is 0 Å². The van der Waals surface area contributed by atoms with Crippen LogP contribution in [0.15, 0.2) is 30.7 Å². The van der Waals surface area contributed by atoms with Crippen molar-refractivity contribution >= 4 is 23.3 Å². The van der Waals surface area contributed by atoms with Crippen LogP contribution in [0.25, 0.3) is 0 Å². The summed E-state index contributed by atoms with van der Waals surface area (Å²) < 4.78 is 6.80. The zero-order valence-electron chi connectivity index (χ0n) is 10.3. The summed E-state index contributed by atoms with van der Waals surface area (Å²) in [7, 11) is 1.62. The summed E-state index contributed by atoms with van der Waals surface area (Å²) in [5, 5.41) is 2.93. The highest BCUT2D eigenvalue weighted by Crippen LogP contribution is 2.09. The smallest absolute Gasteiger partial charge is 0.273 e. The molecule has 0 saturated carbocycles. The summed E-state index contributed by atoms with van der Waals surface area (Å²) >= 11 is 5.63. The van der Waals surface area contributed by atoms with Crippen LogP contribution in [0.3, 0.4) is 0 Å². The third-order valence-electron chi connectivity index (χ3n) is 2.46. The van der Waals surface area contributed by atoms with Crippen LogP contribution in [-0.4, -0.2) is 34.2 Å². The van der Waals surface area contributed by atoms with Crippen LogP contribution < -0.4 is 5.32 Å². The highest BCUT2D eigenvalue weighted by molar-refractivity contribution is 6.29. The van der Waals surface area contributed by atoms with Gasteiger partial charge in [-0.3, -0.25) is 4.79 Å². The van der Waals surface area contributed by atoms with Crippen LogP contribution in [-0.2, 0) is 11.3 Å². The van der Waals surface area contributed by atoms with Crippen LogP contribution in [0.4, 0.5) is 5.82 Å². The minimum Gasteiger partial charge on any atom is -0.383 e. The van der Waals surface area contributed by atoms with Gasteiger partial charge in [0.15, 0.2) is 5.82 Å². The number of aromatic nitrogens is 3. The predicted octanol–water partition coefficient (Wildman–Crippen LogP) is 1.83. The Labute approximate surface area is 115 Å². The molecular formula is C12H13ClN4O2. The molecule has 0 saturated heterocycles. The first-order valence-electron chi connectivity index (χ1n) is 5.63. The average molecular weight is 281 g/mol. The normalized spacial score (nSPS) is 10.4. The maximum atomic E-state index is 12.1. The van der Waals surface area contributed by atoms with E-state index >= 15 is 0 Å². The summed E-state index contributed by atoms with van der Waals surface area (Å²) in [6, 6.07) is 3.53. The molecule has 6 nitrogen and oxygen atoms in total. The van der Waals surface area contributed by atoms with Crippen LogP contribution in [0.1, 0.15) is 10.5 Å². The lowest BCUT2D eigenvalue weighted by atomic mass is 10.4. The molecule has 0 aliphatic carbocycles. The maximum Gasteiger partial charge on any atom is 0.273 e. The van der Waals surface area contributed by atoms with Crippen molar-refractivity contribution in [2.45, 2.75) is 6.54 Å². The highest BCUT2D eigenvalue weighted by Gasteiger charge is 2.11. The molecule has 0 radical (unpaired) electrons. The Morgan fingerprint density at radius 1 is 1.47 bits per heavy atom. The van der Waals surface area contributed by atoms with Gasteiger partial charge in [-0.05, 0) is 12.1 Å². The fourth-order valence-corrected chi connectivity index (χ4v) is 1.66. The molecule has 2 aromatic rings. The van der Waals surface area contributed by atoms with Crippen molar-refractivity contribution in [3.05, 3.63) is 41.6 Å². The molecule has 7 heteroatoms. The first kappa shape index (κ1) is 13.5. The lowest BCUT2D eigenvalue weighted by molar-refractivity contribution is 0.101. The molecule has 2 heterocycles.